The molecule has 3 heteroatoms. The summed E-state index contributed by atoms with van der Waals surface area (Å²) in [7, 11) is 1.50. The molecular formula is C14H20FNO. The van der Waals surface area contributed by atoms with E-state index in [1.165, 1.54) is 13.5 Å². The fourth-order valence-electron chi connectivity index (χ4n) is 2.51. The van der Waals surface area contributed by atoms with E-state index in [4.69, 9.17) is 4.74 Å². The van der Waals surface area contributed by atoms with E-state index in [0.29, 0.717) is 11.8 Å². The summed E-state index contributed by atoms with van der Waals surface area (Å²) in [4.78, 5) is 0. The first-order valence-electron chi connectivity index (χ1n) is 6.25. The first-order chi connectivity index (χ1) is 8.20. The fourth-order valence-corrected chi connectivity index (χ4v) is 2.51. The van der Waals surface area contributed by atoms with Crippen molar-refractivity contribution in [1.29, 1.82) is 0 Å². The average Bonchev–Trinajstić information content (AvgIpc) is 2.32. The summed E-state index contributed by atoms with van der Waals surface area (Å²) in [6.07, 6.45) is 3.08. The molecule has 17 heavy (non-hydrogen) atoms. The van der Waals surface area contributed by atoms with Gasteiger partial charge in [-0.1, -0.05) is 19.1 Å². The van der Waals surface area contributed by atoms with Gasteiger partial charge in [-0.15, -0.1) is 0 Å². The molecule has 1 heterocycles. The Kier molecular flexibility index (Phi) is 4.00. The van der Waals surface area contributed by atoms with Crippen molar-refractivity contribution in [3.63, 3.8) is 0 Å². The highest BCUT2D eigenvalue weighted by Crippen LogP contribution is 2.24. The molecule has 0 saturated carbocycles. The maximum Gasteiger partial charge on any atom is 0.168 e. The predicted molar refractivity (Wildman–Crippen MR) is 66.8 cm³/mol. The zero-order valence-corrected chi connectivity index (χ0v) is 10.5. The molecule has 1 saturated heterocycles. The number of halogens is 1. The van der Waals surface area contributed by atoms with Crippen LogP contribution < -0.4 is 10.1 Å². The largest absolute Gasteiger partial charge is 0.494 e. The number of hydrogen-bond donors (Lipinski definition) is 1. The van der Waals surface area contributed by atoms with Gasteiger partial charge < -0.3 is 10.1 Å². The summed E-state index contributed by atoms with van der Waals surface area (Å²) >= 11 is 0. The summed E-state index contributed by atoms with van der Waals surface area (Å²) in [5.74, 6) is 0.858. The highest BCUT2D eigenvalue weighted by Gasteiger charge is 2.20. The summed E-state index contributed by atoms with van der Waals surface area (Å²) in [5, 5.41) is 3.46. The SMILES string of the molecule is COc1cccc(CC2CC(C)CCN2)c1F. The van der Waals surface area contributed by atoms with Crippen LogP contribution in [0.3, 0.4) is 0 Å². The maximum absolute atomic E-state index is 14.0. The molecule has 1 aromatic rings. The van der Waals surface area contributed by atoms with Crippen molar-refractivity contribution in [3.8, 4) is 5.75 Å². The van der Waals surface area contributed by atoms with Crippen LogP contribution in [0.1, 0.15) is 25.3 Å². The van der Waals surface area contributed by atoms with Gasteiger partial charge in [0.05, 0.1) is 7.11 Å². The van der Waals surface area contributed by atoms with Crippen LogP contribution in [0, 0.1) is 11.7 Å². The minimum Gasteiger partial charge on any atom is -0.494 e. The highest BCUT2D eigenvalue weighted by atomic mass is 19.1. The summed E-state index contributed by atoms with van der Waals surface area (Å²) in [6, 6.07) is 5.75. The predicted octanol–water partition coefficient (Wildman–Crippen LogP) is 2.76. The van der Waals surface area contributed by atoms with Gasteiger partial charge in [0, 0.05) is 6.04 Å². The van der Waals surface area contributed by atoms with Crippen molar-refractivity contribution in [2.45, 2.75) is 32.2 Å². The Morgan fingerprint density at radius 1 is 1.47 bits per heavy atom. The first-order valence-corrected chi connectivity index (χ1v) is 6.25. The lowest BCUT2D eigenvalue weighted by atomic mass is 9.90. The Bertz CT molecular complexity index is 380. The van der Waals surface area contributed by atoms with E-state index in [1.807, 2.05) is 12.1 Å². The molecule has 1 N–H and O–H groups in total. The molecule has 0 amide bonds. The van der Waals surface area contributed by atoms with Crippen LogP contribution in [-0.4, -0.2) is 19.7 Å². The molecule has 2 atom stereocenters. The second-order valence-electron chi connectivity index (χ2n) is 4.92. The third kappa shape index (κ3) is 2.97. The average molecular weight is 237 g/mol. The van der Waals surface area contributed by atoms with Crippen molar-refractivity contribution in [2.75, 3.05) is 13.7 Å². The van der Waals surface area contributed by atoms with Crippen molar-refractivity contribution < 1.29 is 9.13 Å². The van der Waals surface area contributed by atoms with E-state index < -0.39 is 0 Å². The molecule has 0 aromatic heterocycles. The second kappa shape index (κ2) is 5.50. The van der Waals surface area contributed by atoms with Crippen LogP contribution >= 0.6 is 0 Å². The van der Waals surface area contributed by atoms with E-state index in [0.717, 1.165) is 30.9 Å². The molecule has 2 rings (SSSR count). The van der Waals surface area contributed by atoms with Crippen LogP contribution in [0.15, 0.2) is 18.2 Å². The number of benzene rings is 1. The van der Waals surface area contributed by atoms with Gasteiger partial charge in [-0.05, 0) is 43.4 Å². The first kappa shape index (κ1) is 12.4. The summed E-state index contributed by atoms with van der Waals surface area (Å²) in [5.41, 5.74) is 0.746. The van der Waals surface area contributed by atoms with Crippen LogP contribution in [0.2, 0.25) is 0 Å². The number of nitrogens with one attached hydrogen (secondary N) is 1. The molecule has 94 valence electrons. The Balaban J connectivity index is 2.07. The normalized spacial score (nSPS) is 24.6. The quantitative estimate of drug-likeness (QED) is 0.872. The number of rotatable bonds is 3. The standard InChI is InChI=1S/C14H20FNO/c1-10-6-7-16-12(8-10)9-11-4-3-5-13(17-2)14(11)15/h3-5,10,12,16H,6-9H2,1-2H3. The van der Waals surface area contributed by atoms with Crippen LogP contribution in [-0.2, 0) is 6.42 Å². The van der Waals surface area contributed by atoms with Crippen LogP contribution in [0.4, 0.5) is 4.39 Å². The molecule has 0 spiro atoms. The lowest BCUT2D eigenvalue weighted by molar-refractivity contribution is 0.315. The van der Waals surface area contributed by atoms with Crippen LogP contribution in [0.5, 0.6) is 5.75 Å². The van der Waals surface area contributed by atoms with E-state index in [-0.39, 0.29) is 5.82 Å². The van der Waals surface area contributed by atoms with Gasteiger partial charge in [-0.2, -0.15) is 0 Å². The van der Waals surface area contributed by atoms with Gasteiger partial charge in [0.25, 0.3) is 0 Å². The third-order valence-electron chi connectivity index (χ3n) is 3.49. The van der Waals surface area contributed by atoms with Crippen LogP contribution in [0.25, 0.3) is 0 Å². The number of methoxy groups -OCH3 is 1. The molecule has 0 bridgehead atoms. The monoisotopic (exact) mass is 237 g/mol. The minimum atomic E-state index is -0.213. The molecule has 1 fully saturated rings. The minimum absolute atomic E-state index is 0.213. The summed E-state index contributed by atoms with van der Waals surface area (Å²) in [6.45, 7) is 3.30. The smallest absolute Gasteiger partial charge is 0.168 e. The topological polar surface area (TPSA) is 21.3 Å². The van der Waals surface area contributed by atoms with Gasteiger partial charge in [0.1, 0.15) is 0 Å². The summed E-state index contributed by atoms with van der Waals surface area (Å²) < 4.78 is 19.0. The van der Waals surface area contributed by atoms with Gasteiger partial charge in [0.15, 0.2) is 11.6 Å². The number of hydrogen-bond acceptors (Lipinski definition) is 2. The zero-order valence-electron chi connectivity index (χ0n) is 10.5. The molecule has 2 nitrogen and oxygen atoms in total. The van der Waals surface area contributed by atoms with E-state index in [2.05, 4.69) is 12.2 Å². The second-order valence-corrected chi connectivity index (χ2v) is 4.92. The lowest BCUT2D eigenvalue weighted by Gasteiger charge is -2.28. The highest BCUT2D eigenvalue weighted by molar-refractivity contribution is 5.31. The number of ether oxygens (including phenoxy) is 1. The van der Waals surface area contributed by atoms with Crippen molar-refractivity contribution in [3.05, 3.63) is 29.6 Å². The van der Waals surface area contributed by atoms with Gasteiger partial charge in [-0.3, -0.25) is 0 Å². The maximum atomic E-state index is 14.0. The molecule has 1 aliphatic rings. The van der Waals surface area contributed by atoms with Gasteiger partial charge in [0.2, 0.25) is 0 Å². The van der Waals surface area contributed by atoms with Crippen molar-refractivity contribution in [1.82, 2.24) is 5.32 Å². The lowest BCUT2D eigenvalue weighted by Crippen LogP contribution is -2.38. The van der Waals surface area contributed by atoms with E-state index in [9.17, 15) is 4.39 Å². The third-order valence-corrected chi connectivity index (χ3v) is 3.49. The Labute approximate surface area is 102 Å². The fraction of sp³-hybridized carbons (Fsp3) is 0.571. The van der Waals surface area contributed by atoms with Crippen molar-refractivity contribution >= 4 is 0 Å². The Morgan fingerprint density at radius 3 is 3.00 bits per heavy atom. The molecule has 0 radical (unpaired) electrons. The molecule has 1 aliphatic heterocycles. The molecule has 1 aromatic carbocycles. The Hall–Kier alpha value is -1.09. The van der Waals surface area contributed by atoms with Gasteiger partial charge in [-0.25, -0.2) is 4.39 Å². The number of piperidine rings is 1. The molecule has 0 aliphatic carbocycles. The van der Waals surface area contributed by atoms with Gasteiger partial charge >= 0.3 is 0 Å². The Morgan fingerprint density at radius 2 is 2.29 bits per heavy atom. The van der Waals surface area contributed by atoms with E-state index >= 15 is 0 Å². The molecular weight excluding hydrogens is 217 g/mol. The zero-order chi connectivity index (χ0) is 12.3. The van der Waals surface area contributed by atoms with E-state index in [1.54, 1.807) is 6.07 Å². The van der Waals surface area contributed by atoms with Crippen molar-refractivity contribution in [2.24, 2.45) is 5.92 Å². The molecule has 2 unspecified atom stereocenters.